The predicted molar refractivity (Wildman–Crippen MR) is 84.0 cm³/mol. The fourth-order valence-corrected chi connectivity index (χ4v) is 2.08. The second kappa shape index (κ2) is 9.23. The summed E-state index contributed by atoms with van der Waals surface area (Å²) in [4.78, 5) is 4.35. The van der Waals surface area contributed by atoms with E-state index in [0.29, 0.717) is 41.3 Å². The maximum absolute atomic E-state index is 9.56. The molecule has 0 aliphatic rings. The molecular weight excluding hydrogens is 301 g/mol. The molecular formula is C13H21Cl2N3O2. The molecule has 0 aromatic carbocycles. The molecule has 20 heavy (non-hydrogen) atoms. The second-order valence-corrected chi connectivity index (χ2v) is 5.22. The van der Waals surface area contributed by atoms with Gasteiger partial charge in [-0.3, -0.25) is 0 Å². The van der Waals surface area contributed by atoms with Crippen LogP contribution in [0.1, 0.15) is 19.8 Å². The summed E-state index contributed by atoms with van der Waals surface area (Å²) in [5.74, 6) is 1.16. The Hall–Kier alpha value is -0.750. The first-order chi connectivity index (χ1) is 9.58. The van der Waals surface area contributed by atoms with Crippen LogP contribution in [0.2, 0.25) is 10.0 Å². The Bertz CT molecular complexity index is 419. The van der Waals surface area contributed by atoms with Gasteiger partial charge in [0.15, 0.2) is 0 Å². The molecule has 1 unspecified atom stereocenters. The summed E-state index contributed by atoms with van der Waals surface area (Å²) < 4.78 is 4.86. The number of aliphatic hydroxyl groups excluding tert-OH is 1. The van der Waals surface area contributed by atoms with Gasteiger partial charge < -0.3 is 20.5 Å². The average Bonchev–Trinajstić information content (AvgIpc) is 2.40. The van der Waals surface area contributed by atoms with Crippen molar-refractivity contribution in [3.8, 4) is 0 Å². The monoisotopic (exact) mass is 321 g/mol. The van der Waals surface area contributed by atoms with Crippen molar-refractivity contribution in [3.63, 3.8) is 0 Å². The molecule has 1 aromatic heterocycles. The average molecular weight is 322 g/mol. The molecule has 0 radical (unpaired) electrons. The minimum atomic E-state index is -0.503. The van der Waals surface area contributed by atoms with Gasteiger partial charge in [-0.2, -0.15) is 0 Å². The van der Waals surface area contributed by atoms with Gasteiger partial charge >= 0.3 is 0 Å². The third-order valence-corrected chi connectivity index (χ3v) is 3.18. The highest BCUT2D eigenvalue weighted by atomic mass is 35.5. The lowest BCUT2D eigenvalue weighted by Crippen LogP contribution is -2.19. The molecule has 0 saturated carbocycles. The lowest BCUT2D eigenvalue weighted by molar-refractivity contribution is 0.0615. The van der Waals surface area contributed by atoms with Crippen molar-refractivity contribution in [1.82, 2.24) is 4.98 Å². The smallest absolute Gasteiger partial charge is 0.147 e. The standard InChI is InChI=1S/C13H21Cl2N3O2/c1-3-5-16-12-10(14)7-11(15)13(18-12)17-6-4-9(19)8-20-2/h7,9,19H,3-6,8H2,1-2H3,(H2,16,17,18). The minimum Gasteiger partial charge on any atom is -0.391 e. The van der Waals surface area contributed by atoms with E-state index in [0.717, 1.165) is 13.0 Å². The Balaban J connectivity index is 2.60. The van der Waals surface area contributed by atoms with Gasteiger partial charge in [0.2, 0.25) is 0 Å². The Morgan fingerprint density at radius 1 is 1.25 bits per heavy atom. The van der Waals surface area contributed by atoms with Crippen molar-refractivity contribution < 1.29 is 9.84 Å². The van der Waals surface area contributed by atoms with Crippen LogP contribution in [0.25, 0.3) is 0 Å². The van der Waals surface area contributed by atoms with E-state index in [1.54, 1.807) is 13.2 Å². The highest BCUT2D eigenvalue weighted by molar-refractivity contribution is 6.37. The Labute approximate surface area is 129 Å². The summed E-state index contributed by atoms with van der Waals surface area (Å²) in [5.41, 5.74) is 0. The quantitative estimate of drug-likeness (QED) is 0.652. The molecule has 0 aliphatic heterocycles. The number of anilines is 2. The van der Waals surface area contributed by atoms with E-state index < -0.39 is 6.10 Å². The topological polar surface area (TPSA) is 66.4 Å². The first-order valence-corrected chi connectivity index (χ1v) is 7.34. The third kappa shape index (κ3) is 5.71. The zero-order valence-electron chi connectivity index (χ0n) is 11.7. The summed E-state index contributed by atoms with van der Waals surface area (Å²) in [6.07, 6.45) is 1.02. The predicted octanol–water partition coefficient (Wildman–Crippen LogP) is 3.02. The van der Waals surface area contributed by atoms with Crippen LogP contribution in [0.15, 0.2) is 6.07 Å². The minimum absolute atomic E-state index is 0.312. The number of ether oxygens (including phenoxy) is 1. The van der Waals surface area contributed by atoms with Crippen molar-refractivity contribution in [3.05, 3.63) is 16.1 Å². The van der Waals surface area contributed by atoms with E-state index in [1.165, 1.54) is 0 Å². The van der Waals surface area contributed by atoms with Gasteiger partial charge in [0.1, 0.15) is 11.6 Å². The van der Waals surface area contributed by atoms with Gasteiger partial charge in [-0.25, -0.2) is 4.98 Å². The van der Waals surface area contributed by atoms with E-state index in [1.807, 2.05) is 0 Å². The van der Waals surface area contributed by atoms with Crippen molar-refractivity contribution in [2.45, 2.75) is 25.9 Å². The zero-order valence-corrected chi connectivity index (χ0v) is 13.3. The van der Waals surface area contributed by atoms with E-state index in [4.69, 9.17) is 27.9 Å². The van der Waals surface area contributed by atoms with Gasteiger partial charge in [0.25, 0.3) is 0 Å². The molecule has 0 aliphatic carbocycles. The normalized spacial score (nSPS) is 12.2. The van der Waals surface area contributed by atoms with Crippen LogP contribution in [-0.4, -0.2) is 43.0 Å². The maximum Gasteiger partial charge on any atom is 0.147 e. The first-order valence-electron chi connectivity index (χ1n) is 6.59. The van der Waals surface area contributed by atoms with E-state index >= 15 is 0 Å². The molecule has 114 valence electrons. The number of nitrogens with zero attached hydrogens (tertiary/aromatic N) is 1. The first kappa shape index (κ1) is 17.3. The van der Waals surface area contributed by atoms with Crippen LogP contribution in [0, 0.1) is 0 Å². The molecule has 1 atom stereocenters. The molecule has 1 rings (SSSR count). The summed E-state index contributed by atoms with van der Waals surface area (Å²) in [6, 6.07) is 1.65. The van der Waals surface area contributed by atoms with Gasteiger partial charge in [0.05, 0.1) is 22.8 Å². The second-order valence-electron chi connectivity index (χ2n) is 4.40. The van der Waals surface area contributed by atoms with Crippen molar-refractivity contribution in [1.29, 1.82) is 0 Å². The number of methoxy groups -OCH3 is 1. The van der Waals surface area contributed by atoms with Crippen LogP contribution in [0.4, 0.5) is 11.6 Å². The summed E-state index contributed by atoms with van der Waals surface area (Å²) >= 11 is 12.2. The van der Waals surface area contributed by atoms with E-state index in [9.17, 15) is 5.11 Å². The Kier molecular flexibility index (Phi) is 7.99. The lowest BCUT2D eigenvalue weighted by atomic mass is 10.2. The van der Waals surface area contributed by atoms with Crippen molar-refractivity contribution >= 4 is 34.8 Å². The number of aliphatic hydroxyl groups is 1. The van der Waals surface area contributed by atoms with Crippen molar-refractivity contribution in [2.24, 2.45) is 0 Å². The fraction of sp³-hybridized carbons (Fsp3) is 0.615. The molecule has 1 aromatic rings. The Morgan fingerprint density at radius 3 is 2.40 bits per heavy atom. The molecule has 1 heterocycles. The molecule has 3 N–H and O–H groups in total. The maximum atomic E-state index is 9.56. The summed E-state index contributed by atoms with van der Waals surface area (Å²) in [7, 11) is 1.56. The van der Waals surface area contributed by atoms with Crippen LogP contribution in [0.5, 0.6) is 0 Å². The van der Waals surface area contributed by atoms with Crippen LogP contribution in [0.3, 0.4) is 0 Å². The van der Waals surface area contributed by atoms with Crippen LogP contribution >= 0.6 is 23.2 Å². The number of hydrogen-bond donors (Lipinski definition) is 3. The third-order valence-electron chi connectivity index (χ3n) is 2.60. The molecule has 0 fully saturated rings. The number of nitrogens with one attached hydrogen (secondary N) is 2. The number of aromatic nitrogens is 1. The zero-order chi connectivity index (χ0) is 15.0. The molecule has 5 nitrogen and oxygen atoms in total. The fourth-order valence-electron chi connectivity index (χ4n) is 1.59. The van der Waals surface area contributed by atoms with Gasteiger partial charge in [-0.1, -0.05) is 30.1 Å². The summed E-state index contributed by atoms with van der Waals surface area (Å²) in [6.45, 7) is 3.71. The van der Waals surface area contributed by atoms with Gasteiger partial charge in [-0.05, 0) is 18.9 Å². The highest BCUT2D eigenvalue weighted by Gasteiger charge is 2.09. The number of hydrogen-bond acceptors (Lipinski definition) is 5. The summed E-state index contributed by atoms with van der Waals surface area (Å²) in [5, 5.41) is 16.7. The van der Waals surface area contributed by atoms with Gasteiger partial charge in [-0.15, -0.1) is 0 Å². The largest absolute Gasteiger partial charge is 0.391 e. The van der Waals surface area contributed by atoms with E-state index in [-0.39, 0.29) is 0 Å². The van der Waals surface area contributed by atoms with E-state index in [2.05, 4.69) is 22.5 Å². The number of pyridine rings is 1. The van der Waals surface area contributed by atoms with Crippen LogP contribution < -0.4 is 10.6 Å². The Morgan fingerprint density at radius 2 is 1.85 bits per heavy atom. The molecule has 7 heteroatoms. The van der Waals surface area contributed by atoms with Gasteiger partial charge in [0, 0.05) is 20.2 Å². The molecule has 0 amide bonds. The van der Waals surface area contributed by atoms with Crippen molar-refractivity contribution in [2.75, 3.05) is 37.4 Å². The van der Waals surface area contributed by atoms with Crippen LogP contribution in [-0.2, 0) is 4.74 Å². The lowest BCUT2D eigenvalue weighted by Gasteiger charge is -2.13. The molecule has 0 bridgehead atoms. The molecule has 0 saturated heterocycles. The SMILES string of the molecule is CCCNc1nc(NCCC(O)COC)c(Cl)cc1Cl. The number of rotatable bonds is 9. The molecule has 0 spiro atoms. The number of halogens is 2. The highest BCUT2D eigenvalue weighted by Crippen LogP contribution is 2.29.